The Kier molecular flexibility index (Phi) is 77100. The van der Waals surface area contributed by atoms with E-state index in [0.717, 1.165) is 0 Å². The molecule has 0 fully saturated rings. The molecule has 7 heavy (non-hydrogen) atoms. The standard InChI is InChI=1S/ClH.Co.4H3N.H2O/h1H;;4*1H3;1H2/q;+3;;;;;/p-1. The first-order valence-electron chi connectivity index (χ1n) is 0. The van der Waals surface area contributed by atoms with Crippen LogP contribution in [0.3, 0.4) is 0 Å². The maximum atomic E-state index is 0. The second-order valence-electron chi connectivity index (χ2n) is 0. The summed E-state index contributed by atoms with van der Waals surface area (Å²) in [5.74, 6) is 0. The Balaban J connectivity index is 0. The van der Waals surface area contributed by atoms with Crippen molar-refractivity contribution in [3.05, 3.63) is 0 Å². The summed E-state index contributed by atoms with van der Waals surface area (Å²) in [5.41, 5.74) is 0. The molecule has 54 valence electrons. The van der Waals surface area contributed by atoms with Gasteiger partial charge in [0.25, 0.3) is 0 Å². The van der Waals surface area contributed by atoms with Crippen LogP contribution in [0, 0.1) is 0 Å². The minimum Gasteiger partial charge on any atom is -1.00 e. The predicted octanol–water partition coefficient (Wildman–Crippen LogP) is -3.18. The Hall–Kier alpha value is 0.596. The zero-order valence-corrected chi connectivity index (χ0v) is 5.84. The van der Waals surface area contributed by atoms with Crippen LogP contribution in [0.15, 0.2) is 0 Å². The minimum atomic E-state index is 0. The molecule has 0 heterocycles. The third-order valence-corrected chi connectivity index (χ3v) is 0. The zero-order chi connectivity index (χ0) is 0. The first kappa shape index (κ1) is 929. The van der Waals surface area contributed by atoms with E-state index in [2.05, 4.69) is 0 Å². The molecule has 0 atom stereocenters. The molecule has 0 aliphatic carbocycles. The van der Waals surface area contributed by atoms with Gasteiger partial charge in [-0.1, -0.05) is 0 Å². The molecule has 0 saturated carbocycles. The maximum Gasteiger partial charge on any atom is 3.00 e. The third-order valence-electron chi connectivity index (χ3n) is 0. The van der Waals surface area contributed by atoms with Crippen LogP contribution in [0.4, 0.5) is 0 Å². The molecule has 5 nitrogen and oxygen atoms in total. The molecular weight excluding hydrogens is 166 g/mol. The van der Waals surface area contributed by atoms with E-state index >= 15 is 0 Å². The first-order chi connectivity index (χ1) is 0. The van der Waals surface area contributed by atoms with Gasteiger partial charge >= 0.3 is 16.8 Å². The van der Waals surface area contributed by atoms with Gasteiger partial charge in [0.05, 0.1) is 0 Å². The van der Waals surface area contributed by atoms with Gasteiger partial charge in [-0.3, -0.25) is 0 Å². The molecule has 0 rings (SSSR count). The molecule has 0 aromatic heterocycles. The van der Waals surface area contributed by atoms with Crippen molar-refractivity contribution in [2.75, 3.05) is 0 Å². The van der Waals surface area contributed by atoms with E-state index in [0.29, 0.717) is 0 Å². The van der Waals surface area contributed by atoms with Gasteiger partial charge in [0.2, 0.25) is 0 Å². The fourth-order valence-electron chi connectivity index (χ4n) is 0. The van der Waals surface area contributed by atoms with Gasteiger partial charge in [0, 0.05) is 0 Å². The van der Waals surface area contributed by atoms with Gasteiger partial charge in [-0.25, -0.2) is 0 Å². The normalized spacial score (nSPS) is 0. The van der Waals surface area contributed by atoms with Crippen molar-refractivity contribution in [2.24, 2.45) is 0 Å². The molecule has 0 bridgehead atoms. The molecule has 7 heteroatoms. The van der Waals surface area contributed by atoms with Crippen LogP contribution in [-0.4, -0.2) is 5.48 Å². The van der Waals surface area contributed by atoms with E-state index in [-0.39, 0.29) is 59.3 Å². The molecule has 0 unspecified atom stereocenters. The van der Waals surface area contributed by atoms with Crippen LogP contribution >= 0.6 is 0 Å². The van der Waals surface area contributed by atoms with Crippen molar-refractivity contribution in [3.8, 4) is 0 Å². The fourth-order valence-corrected chi connectivity index (χ4v) is 0. The van der Waals surface area contributed by atoms with Crippen LogP contribution in [-0.2, 0) is 16.8 Å². The molecular formula is H14ClCoN4O+2. The summed E-state index contributed by atoms with van der Waals surface area (Å²) >= 11 is 0. The number of rotatable bonds is 0. The molecule has 0 spiro atoms. The summed E-state index contributed by atoms with van der Waals surface area (Å²) in [6.07, 6.45) is 0. The predicted molar refractivity (Wildman–Crippen MR) is 23.7 cm³/mol. The van der Waals surface area contributed by atoms with Gasteiger partial charge in [0.15, 0.2) is 0 Å². The van der Waals surface area contributed by atoms with E-state index in [1.165, 1.54) is 0 Å². The van der Waals surface area contributed by atoms with Gasteiger partial charge in [-0.05, 0) is 0 Å². The zero-order valence-electron chi connectivity index (χ0n) is 4.04. The van der Waals surface area contributed by atoms with Gasteiger partial charge in [-0.15, -0.1) is 0 Å². The van der Waals surface area contributed by atoms with Crippen LogP contribution in [0.5, 0.6) is 0 Å². The molecule has 0 radical (unpaired) electrons. The Bertz CT molecular complexity index is 11.7. The minimum absolute atomic E-state index is 0. The molecule has 14 N–H and O–H groups in total. The summed E-state index contributed by atoms with van der Waals surface area (Å²) in [6.45, 7) is 0. The molecule has 0 aromatic carbocycles. The summed E-state index contributed by atoms with van der Waals surface area (Å²) < 4.78 is 0. The fraction of sp³-hybridized carbons (Fsp3) is 0. The molecule has 0 aliphatic rings. The second kappa shape index (κ2) is 581. The number of hydrogen-bond acceptors (Lipinski definition) is 4. The van der Waals surface area contributed by atoms with Crippen molar-refractivity contribution < 1.29 is 34.7 Å². The van der Waals surface area contributed by atoms with Gasteiger partial charge < -0.3 is 42.5 Å². The van der Waals surface area contributed by atoms with Crippen molar-refractivity contribution in [1.29, 1.82) is 0 Å². The number of halogens is 1. The molecule has 0 aliphatic heterocycles. The van der Waals surface area contributed by atoms with Crippen LogP contribution in [0.2, 0.25) is 0 Å². The van der Waals surface area contributed by atoms with E-state index < -0.39 is 0 Å². The quantitative estimate of drug-likeness (QED) is 0.308. The molecule has 0 saturated heterocycles. The molecule has 0 aromatic rings. The SMILES string of the molecule is N.N.N.N.O.[Cl-].[Co+3]. The van der Waals surface area contributed by atoms with Gasteiger partial charge in [-0.2, -0.15) is 0 Å². The second-order valence-corrected chi connectivity index (χ2v) is 0. The van der Waals surface area contributed by atoms with Crippen molar-refractivity contribution in [1.82, 2.24) is 24.6 Å². The van der Waals surface area contributed by atoms with Crippen molar-refractivity contribution >= 4 is 0 Å². The molecule has 0 amide bonds. The van der Waals surface area contributed by atoms with E-state index in [9.17, 15) is 0 Å². The largest absolute Gasteiger partial charge is 3.00 e. The van der Waals surface area contributed by atoms with Crippen molar-refractivity contribution in [3.63, 3.8) is 0 Å². The summed E-state index contributed by atoms with van der Waals surface area (Å²) in [5, 5.41) is 0. The Morgan fingerprint density at radius 2 is 0.571 bits per heavy atom. The van der Waals surface area contributed by atoms with E-state index in [4.69, 9.17) is 0 Å². The number of hydrogen-bond donors (Lipinski definition) is 4. The third kappa shape index (κ3) is 392. The van der Waals surface area contributed by atoms with Crippen molar-refractivity contribution in [2.45, 2.75) is 0 Å². The average Bonchev–Trinajstić information content (AvgIpc) is 0. The maximum absolute atomic E-state index is 0. The van der Waals surface area contributed by atoms with Crippen LogP contribution < -0.4 is 37.0 Å². The van der Waals surface area contributed by atoms with Gasteiger partial charge in [0.1, 0.15) is 0 Å². The Morgan fingerprint density at radius 3 is 0.571 bits per heavy atom. The van der Waals surface area contributed by atoms with Crippen LogP contribution in [0.25, 0.3) is 0 Å². The summed E-state index contributed by atoms with van der Waals surface area (Å²) in [4.78, 5) is 0. The van der Waals surface area contributed by atoms with E-state index in [1.54, 1.807) is 0 Å². The average molecular weight is 181 g/mol. The topological polar surface area (TPSA) is 172 Å². The Labute approximate surface area is 59.9 Å². The smallest absolute Gasteiger partial charge is 1.00 e. The summed E-state index contributed by atoms with van der Waals surface area (Å²) in [7, 11) is 0. The van der Waals surface area contributed by atoms with E-state index in [1.807, 2.05) is 0 Å². The first-order valence-corrected chi connectivity index (χ1v) is 0. The summed E-state index contributed by atoms with van der Waals surface area (Å²) in [6, 6.07) is 0. The van der Waals surface area contributed by atoms with Crippen LogP contribution in [0.1, 0.15) is 0 Å². The monoisotopic (exact) mass is 180 g/mol. The Morgan fingerprint density at radius 1 is 0.571 bits per heavy atom.